The van der Waals surface area contributed by atoms with E-state index >= 15 is 0 Å². The van der Waals surface area contributed by atoms with Crippen LogP contribution in [0.25, 0.3) is 22.7 Å². The molecule has 0 aliphatic heterocycles. The second kappa shape index (κ2) is 7.99. The summed E-state index contributed by atoms with van der Waals surface area (Å²) in [6.07, 6.45) is 3.36. The molecular formula is C18H21N5O3. The fraction of sp³-hybridized carbons (Fsp3) is 0.389. The van der Waals surface area contributed by atoms with E-state index in [1.807, 2.05) is 0 Å². The molecule has 3 heterocycles. The highest BCUT2D eigenvalue weighted by molar-refractivity contribution is 5.84. The monoisotopic (exact) mass is 355 g/mol. The largest absolute Gasteiger partial charge is 0.461 e. The summed E-state index contributed by atoms with van der Waals surface area (Å²) in [6, 6.07) is 3.46. The van der Waals surface area contributed by atoms with Crippen molar-refractivity contribution in [3.63, 3.8) is 0 Å². The van der Waals surface area contributed by atoms with Gasteiger partial charge >= 0.3 is 0 Å². The van der Waals surface area contributed by atoms with Crippen LogP contribution in [0.15, 0.2) is 22.8 Å². The number of nitrogen functional groups attached to an aromatic ring is 1. The SMILES string of the molecule is CCCCC#Cc1nc2c(N)nc(-c3ccco3)nc2n1CC(O)CO. The highest BCUT2D eigenvalue weighted by atomic mass is 16.3. The quantitative estimate of drug-likeness (QED) is 0.453. The average Bonchev–Trinajstić information content (AvgIpc) is 3.28. The van der Waals surface area contributed by atoms with Crippen LogP contribution < -0.4 is 5.73 Å². The van der Waals surface area contributed by atoms with Gasteiger partial charge in [-0.05, 0) is 24.5 Å². The molecule has 0 radical (unpaired) electrons. The number of unbranched alkanes of at least 4 members (excludes halogenated alkanes) is 2. The standard InChI is InChI=1S/C18H21N5O3/c1-2-3-4-5-8-14-20-15-16(19)21-17(13-7-6-9-26-13)22-18(15)23(14)10-12(25)11-24/h6-7,9,12,24-25H,2-4,10-11H2,1H3,(H2,19,21,22). The van der Waals surface area contributed by atoms with E-state index in [1.54, 1.807) is 16.7 Å². The summed E-state index contributed by atoms with van der Waals surface area (Å²) in [6.45, 7) is 1.81. The molecule has 0 spiro atoms. The van der Waals surface area contributed by atoms with Gasteiger partial charge in [0.25, 0.3) is 0 Å². The second-order valence-corrected chi connectivity index (χ2v) is 5.87. The first-order valence-corrected chi connectivity index (χ1v) is 8.49. The smallest absolute Gasteiger partial charge is 0.199 e. The van der Waals surface area contributed by atoms with Crippen LogP contribution in [0.1, 0.15) is 32.0 Å². The zero-order valence-corrected chi connectivity index (χ0v) is 14.5. The topological polar surface area (TPSA) is 123 Å². The first kappa shape index (κ1) is 17.9. The molecule has 0 saturated carbocycles. The molecule has 3 aromatic rings. The molecule has 0 saturated heterocycles. The van der Waals surface area contributed by atoms with Crippen LogP contribution in [0, 0.1) is 11.8 Å². The Bertz CT molecular complexity index is 937. The van der Waals surface area contributed by atoms with Gasteiger partial charge in [0.05, 0.1) is 25.5 Å². The lowest BCUT2D eigenvalue weighted by molar-refractivity contribution is 0.0818. The number of imidazole rings is 1. The number of fused-ring (bicyclic) bond motifs is 1. The zero-order chi connectivity index (χ0) is 18.5. The third-order valence-corrected chi connectivity index (χ3v) is 3.82. The molecule has 1 atom stereocenters. The van der Waals surface area contributed by atoms with Crippen molar-refractivity contribution >= 4 is 17.0 Å². The molecule has 0 amide bonds. The first-order chi connectivity index (χ1) is 12.6. The molecule has 26 heavy (non-hydrogen) atoms. The summed E-state index contributed by atoms with van der Waals surface area (Å²) >= 11 is 0. The number of aliphatic hydroxyl groups is 2. The molecule has 1 unspecified atom stereocenters. The van der Waals surface area contributed by atoms with Gasteiger partial charge in [0.1, 0.15) is 0 Å². The van der Waals surface area contributed by atoms with Gasteiger partial charge in [0, 0.05) is 6.42 Å². The Kier molecular flexibility index (Phi) is 5.51. The summed E-state index contributed by atoms with van der Waals surface area (Å²) in [7, 11) is 0. The number of aliphatic hydroxyl groups excluding tert-OH is 2. The van der Waals surface area contributed by atoms with E-state index in [0.717, 1.165) is 19.3 Å². The predicted octanol–water partition coefficient (Wildman–Crippen LogP) is 1.56. The zero-order valence-electron chi connectivity index (χ0n) is 14.5. The van der Waals surface area contributed by atoms with Crippen molar-refractivity contribution in [1.29, 1.82) is 0 Å². The van der Waals surface area contributed by atoms with E-state index < -0.39 is 6.10 Å². The predicted molar refractivity (Wildman–Crippen MR) is 96.9 cm³/mol. The van der Waals surface area contributed by atoms with Crippen molar-refractivity contribution in [2.75, 3.05) is 12.3 Å². The second-order valence-electron chi connectivity index (χ2n) is 5.87. The van der Waals surface area contributed by atoms with Gasteiger partial charge in [-0.3, -0.25) is 4.57 Å². The summed E-state index contributed by atoms with van der Waals surface area (Å²) in [4.78, 5) is 13.2. The Morgan fingerprint density at radius 3 is 2.88 bits per heavy atom. The van der Waals surface area contributed by atoms with Crippen molar-refractivity contribution in [2.45, 2.75) is 38.8 Å². The Labute approximate surface area is 150 Å². The highest BCUT2D eigenvalue weighted by Crippen LogP contribution is 2.24. The molecule has 8 heteroatoms. The van der Waals surface area contributed by atoms with Gasteiger partial charge in [-0.25, -0.2) is 15.0 Å². The molecule has 0 aromatic carbocycles. The Balaban J connectivity index is 2.12. The molecule has 0 aliphatic carbocycles. The summed E-state index contributed by atoms with van der Waals surface area (Å²) in [5.41, 5.74) is 6.90. The fourth-order valence-electron chi connectivity index (χ4n) is 2.48. The van der Waals surface area contributed by atoms with Crippen molar-refractivity contribution < 1.29 is 14.6 Å². The lowest BCUT2D eigenvalue weighted by Gasteiger charge is -2.10. The van der Waals surface area contributed by atoms with Crippen molar-refractivity contribution in [2.24, 2.45) is 0 Å². The Hall–Kier alpha value is -2.89. The Morgan fingerprint density at radius 1 is 1.35 bits per heavy atom. The van der Waals surface area contributed by atoms with Crippen molar-refractivity contribution in [3.8, 4) is 23.4 Å². The van der Waals surface area contributed by atoms with Gasteiger partial charge in [0.15, 0.2) is 34.4 Å². The van der Waals surface area contributed by atoms with Gasteiger partial charge in [-0.1, -0.05) is 19.3 Å². The molecule has 0 aliphatic rings. The van der Waals surface area contributed by atoms with Crippen LogP contribution in [0.4, 0.5) is 5.82 Å². The minimum Gasteiger partial charge on any atom is -0.461 e. The van der Waals surface area contributed by atoms with Crippen LogP contribution in [-0.2, 0) is 6.54 Å². The minimum atomic E-state index is -0.966. The highest BCUT2D eigenvalue weighted by Gasteiger charge is 2.19. The number of nitrogens with two attached hydrogens (primary N) is 1. The number of anilines is 1. The van der Waals surface area contributed by atoms with E-state index in [9.17, 15) is 10.2 Å². The number of hydrogen-bond acceptors (Lipinski definition) is 7. The van der Waals surface area contributed by atoms with Gasteiger partial charge < -0.3 is 20.4 Å². The Morgan fingerprint density at radius 2 is 2.19 bits per heavy atom. The van der Waals surface area contributed by atoms with Crippen LogP contribution in [0.3, 0.4) is 0 Å². The molecule has 0 bridgehead atoms. The normalized spacial score (nSPS) is 12.1. The van der Waals surface area contributed by atoms with Crippen molar-refractivity contribution in [3.05, 3.63) is 24.2 Å². The van der Waals surface area contributed by atoms with E-state index in [4.69, 9.17) is 10.2 Å². The van der Waals surface area contributed by atoms with Gasteiger partial charge in [-0.15, -0.1) is 0 Å². The van der Waals surface area contributed by atoms with Crippen LogP contribution >= 0.6 is 0 Å². The first-order valence-electron chi connectivity index (χ1n) is 8.49. The fourth-order valence-corrected chi connectivity index (χ4v) is 2.48. The number of nitrogens with zero attached hydrogens (tertiary/aromatic N) is 4. The molecule has 4 N–H and O–H groups in total. The minimum absolute atomic E-state index is 0.0961. The third-order valence-electron chi connectivity index (χ3n) is 3.82. The molecule has 136 valence electrons. The number of furan rings is 1. The molecule has 3 rings (SSSR count). The van der Waals surface area contributed by atoms with E-state index in [2.05, 4.69) is 33.7 Å². The third kappa shape index (κ3) is 3.69. The lowest BCUT2D eigenvalue weighted by atomic mass is 10.2. The maximum Gasteiger partial charge on any atom is 0.199 e. The molecule has 3 aromatic heterocycles. The maximum atomic E-state index is 9.91. The van der Waals surface area contributed by atoms with Crippen LogP contribution in [0.2, 0.25) is 0 Å². The van der Waals surface area contributed by atoms with Crippen molar-refractivity contribution in [1.82, 2.24) is 19.5 Å². The van der Waals surface area contributed by atoms with Gasteiger partial charge in [-0.2, -0.15) is 0 Å². The summed E-state index contributed by atoms with van der Waals surface area (Å²) in [5, 5.41) is 19.1. The van der Waals surface area contributed by atoms with E-state index in [1.165, 1.54) is 6.26 Å². The molecule has 0 fully saturated rings. The summed E-state index contributed by atoms with van der Waals surface area (Å²) < 4.78 is 6.99. The van der Waals surface area contributed by atoms with Crippen LogP contribution in [0.5, 0.6) is 0 Å². The number of aromatic nitrogens is 4. The summed E-state index contributed by atoms with van der Waals surface area (Å²) in [5.74, 6) is 7.52. The van der Waals surface area contributed by atoms with Gasteiger partial charge in [0.2, 0.25) is 0 Å². The number of hydrogen-bond donors (Lipinski definition) is 3. The van der Waals surface area contributed by atoms with E-state index in [-0.39, 0.29) is 19.0 Å². The number of rotatable bonds is 6. The lowest BCUT2D eigenvalue weighted by Crippen LogP contribution is -2.21. The molecule has 8 nitrogen and oxygen atoms in total. The molecular weight excluding hydrogens is 334 g/mol. The van der Waals surface area contributed by atoms with E-state index in [0.29, 0.717) is 28.6 Å². The average molecular weight is 355 g/mol. The maximum absolute atomic E-state index is 9.91. The van der Waals surface area contributed by atoms with Crippen LogP contribution in [-0.4, -0.2) is 42.4 Å².